The Morgan fingerprint density at radius 3 is 2.77 bits per heavy atom. The molecule has 1 fully saturated rings. The van der Waals surface area contributed by atoms with Crippen LogP contribution in [0.1, 0.15) is 56.0 Å². The van der Waals surface area contributed by atoms with Gasteiger partial charge in [-0.25, -0.2) is 0 Å². The molecule has 0 radical (unpaired) electrons. The summed E-state index contributed by atoms with van der Waals surface area (Å²) in [6.07, 6.45) is 6.25. The van der Waals surface area contributed by atoms with E-state index in [1.165, 1.54) is 18.4 Å². The van der Waals surface area contributed by atoms with Gasteiger partial charge in [-0.05, 0) is 56.1 Å². The number of nitrogens with zero attached hydrogens (tertiary/aromatic N) is 1. The standard InChI is InChI=1S/C21H28N2O3/c1-16(20-8-6-14-26-20)22-21(24)15-23-13-5-3-4-7-19(23)17-9-11-18(25-2)12-10-17/h6,8-12,14,16,19H,3-5,7,13,15H2,1-2H3,(H,22,24). The van der Waals surface area contributed by atoms with E-state index in [0.29, 0.717) is 6.54 Å². The molecule has 1 saturated heterocycles. The quantitative estimate of drug-likeness (QED) is 0.847. The summed E-state index contributed by atoms with van der Waals surface area (Å²) in [7, 11) is 1.68. The van der Waals surface area contributed by atoms with Crippen LogP contribution in [-0.4, -0.2) is 31.0 Å². The van der Waals surface area contributed by atoms with Crippen molar-refractivity contribution in [2.75, 3.05) is 20.2 Å². The van der Waals surface area contributed by atoms with E-state index in [0.717, 1.165) is 30.9 Å². The fourth-order valence-electron chi connectivity index (χ4n) is 3.64. The van der Waals surface area contributed by atoms with Crippen molar-refractivity contribution in [2.24, 2.45) is 0 Å². The Hall–Kier alpha value is -2.27. The van der Waals surface area contributed by atoms with Gasteiger partial charge in [0, 0.05) is 6.04 Å². The van der Waals surface area contributed by atoms with Crippen LogP contribution in [0, 0.1) is 0 Å². The van der Waals surface area contributed by atoms with E-state index in [9.17, 15) is 4.79 Å². The monoisotopic (exact) mass is 356 g/mol. The van der Waals surface area contributed by atoms with Crippen LogP contribution in [0.2, 0.25) is 0 Å². The van der Waals surface area contributed by atoms with Gasteiger partial charge in [-0.1, -0.05) is 25.0 Å². The predicted molar refractivity (Wildman–Crippen MR) is 101 cm³/mol. The molecule has 0 saturated carbocycles. The van der Waals surface area contributed by atoms with Gasteiger partial charge in [-0.3, -0.25) is 9.69 Å². The number of rotatable bonds is 6. The Kier molecular flexibility index (Phi) is 6.34. The third kappa shape index (κ3) is 4.67. The molecule has 1 N–H and O–H groups in total. The van der Waals surface area contributed by atoms with Crippen molar-refractivity contribution < 1.29 is 13.9 Å². The van der Waals surface area contributed by atoms with Crippen LogP contribution in [-0.2, 0) is 4.79 Å². The van der Waals surface area contributed by atoms with Gasteiger partial charge in [-0.15, -0.1) is 0 Å². The molecule has 2 atom stereocenters. The summed E-state index contributed by atoms with van der Waals surface area (Å²) in [6.45, 7) is 3.29. The average Bonchev–Trinajstić information content (AvgIpc) is 3.10. The fourth-order valence-corrected chi connectivity index (χ4v) is 3.64. The molecular weight excluding hydrogens is 328 g/mol. The summed E-state index contributed by atoms with van der Waals surface area (Å²) in [6, 6.07) is 12.1. The van der Waals surface area contributed by atoms with Crippen LogP contribution in [0.3, 0.4) is 0 Å². The summed E-state index contributed by atoms with van der Waals surface area (Å²) in [5.74, 6) is 1.68. The van der Waals surface area contributed by atoms with Crippen molar-refractivity contribution in [1.29, 1.82) is 0 Å². The number of furan rings is 1. The Labute approximate surface area is 155 Å². The second kappa shape index (κ2) is 8.90. The number of methoxy groups -OCH3 is 1. The summed E-state index contributed by atoms with van der Waals surface area (Å²) in [5.41, 5.74) is 1.25. The normalized spacial score (nSPS) is 19.5. The maximum atomic E-state index is 12.6. The minimum atomic E-state index is -0.121. The number of nitrogens with one attached hydrogen (secondary N) is 1. The van der Waals surface area contributed by atoms with E-state index in [1.54, 1.807) is 13.4 Å². The van der Waals surface area contributed by atoms with E-state index in [1.807, 2.05) is 31.2 Å². The van der Waals surface area contributed by atoms with Gasteiger partial charge in [0.1, 0.15) is 11.5 Å². The summed E-state index contributed by atoms with van der Waals surface area (Å²) in [5, 5.41) is 3.05. The topological polar surface area (TPSA) is 54.7 Å². The number of carbonyl (C=O) groups excluding carboxylic acids is 1. The molecule has 2 aromatic rings. The zero-order chi connectivity index (χ0) is 18.4. The maximum absolute atomic E-state index is 12.6. The lowest BCUT2D eigenvalue weighted by Gasteiger charge is -2.30. The van der Waals surface area contributed by atoms with E-state index < -0.39 is 0 Å². The molecule has 5 nitrogen and oxygen atoms in total. The number of benzene rings is 1. The van der Waals surface area contributed by atoms with Crippen molar-refractivity contribution in [1.82, 2.24) is 10.2 Å². The molecule has 1 aliphatic heterocycles. The smallest absolute Gasteiger partial charge is 0.234 e. The highest BCUT2D eigenvalue weighted by atomic mass is 16.5. The fraction of sp³-hybridized carbons (Fsp3) is 0.476. The Morgan fingerprint density at radius 2 is 2.08 bits per heavy atom. The molecule has 26 heavy (non-hydrogen) atoms. The molecule has 2 heterocycles. The summed E-state index contributed by atoms with van der Waals surface area (Å²) in [4.78, 5) is 14.9. The van der Waals surface area contributed by atoms with Gasteiger partial charge in [0.05, 0.1) is 26.0 Å². The minimum Gasteiger partial charge on any atom is -0.497 e. The van der Waals surface area contributed by atoms with E-state index in [2.05, 4.69) is 22.3 Å². The number of amides is 1. The number of likely N-dealkylation sites (tertiary alicyclic amines) is 1. The molecule has 140 valence electrons. The van der Waals surface area contributed by atoms with Crippen LogP contribution in [0.15, 0.2) is 47.1 Å². The van der Waals surface area contributed by atoms with Crippen LogP contribution >= 0.6 is 0 Å². The number of hydrogen-bond acceptors (Lipinski definition) is 4. The zero-order valence-electron chi connectivity index (χ0n) is 15.6. The van der Waals surface area contributed by atoms with Crippen LogP contribution in [0.4, 0.5) is 0 Å². The SMILES string of the molecule is COc1ccc(C2CCCCCN2CC(=O)NC(C)c2ccco2)cc1. The Morgan fingerprint density at radius 1 is 1.27 bits per heavy atom. The van der Waals surface area contributed by atoms with Gasteiger partial charge < -0.3 is 14.5 Å². The third-order valence-corrected chi connectivity index (χ3v) is 5.06. The van der Waals surface area contributed by atoms with E-state index in [4.69, 9.17) is 9.15 Å². The van der Waals surface area contributed by atoms with Gasteiger partial charge in [0.25, 0.3) is 0 Å². The highest BCUT2D eigenvalue weighted by Crippen LogP contribution is 2.31. The van der Waals surface area contributed by atoms with Crippen LogP contribution in [0.5, 0.6) is 5.75 Å². The van der Waals surface area contributed by atoms with Crippen molar-refractivity contribution in [3.05, 3.63) is 54.0 Å². The lowest BCUT2D eigenvalue weighted by Crippen LogP contribution is -2.40. The summed E-state index contributed by atoms with van der Waals surface area (Å²) >= 11 is 0. The third-order valence-electron chi connectivity index (χ3n) is 5.06. The molecule has 3 rings (SSSR count). The van der Waals surface area contributed by atoms with Crippen molar-refractivity contribution in [2.45, 2.75) is 44.7 Å². The predicted octanol–water partition coefficient (Wildman–Crippen LogP) is 4.08. The molecular formula is C21H28N2O3. The minimum absolute atomic E-state index is 0.0364. The first-order valence-electron chi connectivity index (χ1n) is 9.38. The number of hydrogen-bond donors (Lipinski definition) is 1. The molecule has 2 unspecified atom stereocenters. The average molecular weight is 356 g/mol. The lowest BCUT2D eigenvalue weighted by molar-refractivity contribution is -0.123. The molecule has 0 aliphatic carbocycles. The van der Waals surface area contributed by atoms with Crippen LogP contribution in [0.25, 0.3) is 0 Å². The second-order valence-electron chi connectivity index (χ2n) is 6.91. The first-order chi connectivity index (χ1) is 12.7. The maximum Gasteiger partial charge on any atom is 0.234 e. The number of carbonyl (C=O) groups is 1. The van der Waals surface area contributed by atoms with Gasteiger partial charge in [0.15, 0.2) is 0 Å². The van der Waals surface area contributed by atoms with Gasteiger partial charge in [-0.2, -0.15) is 0 Å². The largest absolute Gasteiger partial charge is 0.497 e. The Bertz CT molecular complexity index is 682. The molecule has 0 spiro atoms. The highest BCUT2D eigenvalue weighted by Gasteiger charge is 2.25. The van der Waals surface area contributed by atoms with Gasteiger partial charge >= 0.3 is 0 Å². The van der Waals surface area contributed by atoms with Crippen molar-refractivity contribution in [3.8, 4) is 5.75 Å². The van der Waals surface area contributed by atoms with Gasteiger partial charge in [0.2, 0.25) is 5.91 Å². The molecule has 1 amide bonds. The molecule has 5 heteroatoms. The zero-order valence-corrected chi connectivity index (χ0v) is 15.6. The first kappa shape index (κ1) is 18.5. The molecule has 0 bridgehead atoms. The van der Waals surface area contributed by atoms with E-state index >= 15 is 0 Å². The Balaban J connectivity index is 1.66. The summed E-state index contributed by atoms with van der Waals surface area (Å²) < 4.78 is 10.6. The first-order valence-corrected chi connectivity index (χ1v) is 9.38. The molecule has 1 aliphatic rings. The second-order valence-corrected chi connectivity index (χ2v) is 6.91. The molecule has 1 aromatic carbocycles. The number of ether oxygens (including phenoxy) is 1. The highest BCUT2D eigenvalue weighted by molar-refractivity contribution is 5.78. The molecule has 1 aromatic heterocycles. The lowest BCUT2D eigenvalue weighted by atomic mass is 10.0. The van der Waals surface area contributed by atoms with Crippen LogP contribution < -0.4 is 10.1 Å². The van der Waals surface area contributed by atoms with Crippen molar-refractivity contribution in [3.63, 3.8) is 0 Å². The van der Waals surface area contributed by atoms with Crippen molar-refractivity contribution >= 4 is 5.91 Å². The van der Waals surface area contributed by atoms with E-state index in [-0.39, 0.29) is 18.0 Å².